The van der Waals surface area contributed by atoms with E-state index < -0.39 is 0 Å². The summed E-state index contributed by atoms with van der Waals surface area (Å²) in [5.74, 6) is 0.851. The molecule has 0 spiro atoms. The van der Waals surface area contributed by atoms with Crippen molar-refractivity contribution in [1.29, 1.82) is 5.26 Å². The second-order valence-electron chi connectivity index (χ2n) is 9.27. The lowest BCUT2D eigenvalue weighted by Gasteiger charge is -2.09. The van der Waals surface area contributed by atoms with Gasteiger partial charge in [-0.15, -0.1) is 0 Å². The summed E-state index contributed by atoms with van der Waals surface area (Å²) >= 11 is 0. The SMILES string of the molecule is Cn1c(/C(C#N)=C/c2cn(-c3ccccc3)nc2-c2cccc(OCc3ccccc3F)c2)nc2ccccc21. The van der Waals surface area contributed by atoms with Gasteiger partial charge in [-0.2, -0.15) is 10.4 Å². The largest absolute Gasteiger partial charge is 0.489 e. The lowest BCUT2D eigenvalue weighted by atomic mass is 10.1. The van der Waals surface area contributed by atoms with Gasteiger partial charge in [-0.3, -0.25) is 0 Å². The number of hydrogen-bond acceptors (Lipinski definition) is 4. The molecule has 2 aromatic heterocycles. The summed E-state index contributed by atoms with van der Waals surface area (Å²) in [5, 5.41) is 15.1. The number of nitriles is 1. The molecule has 6 rings (SSSR count). The summed E-state index contributed by atoms with van der Waals surface area (Å²) in [5.41, 5.74) is 5.77. The Balaban J connectivity index is 1.42. The van der Waals surface area contributed by atoms with E-state index in [9.17, 15) is 9.65 Å². The van der Waals surface area contributed by atoms with Gasteiger partial charge in [-0.25, -0.2) is 14.1 Å². The summed E-state index contributed by atoms with van der Waals surface area (Å²) in [6.07, 6.45) is 3.72. The van der Waals surface area contributed by atoms with Crippen LogP contribution in [-0.4, -0.2) is 19.3 Å². The second kappa shape index (κ2) is 10.7. The summed E-state index contributed by atoms with van der Waals surface area (Å²) in [7, 11) is 1.90. The van der Waals surface area contributed by atoms with E-state index in [1.807, 2.05) is 103 Å². The number of ether oxygens (including phenoxy) is 1. The number of aryl methyl sites for hydroxylation is 1. The van der Waals surface area contributed by atoms with Crippen LogP contribution in [0.3, 0.4) is 0 Å². The molecule has 0 saturated heterocycles. The number of benzene rings is 4. The number of imidazole rings is 1. The predicted molar refractivity (Wildman–Crippen MR) is 154 cm³/mol. The van der Waals surface area contributed by atoms with Crippen LogP contribution < -0.4 is 4.74 Å². The van der Waals surface area contributed by atoms with Crippen LogP contribution in [0.5, 0.6) is 5.75 Å². The third-order valence-electron chi connectivity index (χ3n) is 6.67. The molecule has 0 aliphatic carbocycles. The quantitative estimate of drug-likeness (QED) is 0.207. The Morgan fingerprint density at radius 3 is 2.52 bits per heavy atom. The molecule has 0 bridgehead atoms. The molecule has 0 aliphatic heterocycles. The maximum Gasteiger partial charge on any atom is 0.151 e. The molecular formula is C33H24FN5O. The van der Waals surface area contributed by atoms with Gasteiger partial charge >= 0.3 is 0 Å². The van der Waals surface area contributed by atoms with Crippen molar-refractivity contribution in [3.05, 3.63) is 132 Å². The molecule has 2 heterocycles. The Labute approximate surface area is 230 Å². The maximum absolute atomic E-state index is 14.1. The van der Waals surface area contributed by atoms with Crippen LogP contribution >= 0.6 is 0 Å². The van der Waals surface area contributed by atoms with Crippen molar-refractivity contribution in [2.75, 3.05) is 0 Å². The van der Waals surface area contributed by atoms with Crippen LogP contribution in [0.15, 0.2) is 109 Å². The third kappa shape index (κ3) is 4.86. The first kappa shape index (κ1) is 24.8. The Morgan fingerprint density at radius 2 is 1.73 bits per heavy atom. The zero-order valence-electron chi connectivity index (χ0n) is 21.7. The summed E-state index contributed by atoms with van der Waals surface area (Å²) in [6, 6.07) is 34.0. The van der Waals surface area contributed by atoms with Crippen LogP contribution in [0.4, 0.5) is 4.39 Å². The molecule has 4 aromatic carbocycles. The van der Waals surface area contributed by atoms with Crippen molar-refractivity contribution < 1.29 is 9.13 Å². The maximum atomic E-state index is 14.1. The molecule has 0 saturated carbocycles. The van der Waals surface area contributed by atoms with Gasteiger partial charge in [-0.05, 0) is 48.5 Å². The van der Waals surface area contributed by atoms with E-state index in [0.29, 0.717) is 28.4 Å². The molecule has 194 valence electrons. The van der Waals surface area contributed by atoms with Crippen molar-refractivity contribution in [2.45, 2.75) is 6.61 Å². The first-order valence-corrected chi connectivity index (χ1v) is 12.8. The fraction of sp³-hybridized carbons (Fsp3) is 0.0606. The molecule has 0 unspecified atom stereocenters. The number of para-hydroxylation sites is 3. The molecule has 0 fully saturated rings. The number of allylic oxidation sites excluding steroid dienone is 1. The van der Waals surface area contributed by atoms with Crippen molar-refractivity contribution in [3.8, 4) is 28.8 Å². The average molecular weight is 526 g/mol. The molecule has 0 N–H and O–H groups in total. The highest BCUT2D eigenvalue weighted by Gasteiger charge is 2.17. The van der Waals surface area contributed by atoms with Crippen LogP contribution in [0.25, 0.3) is 39.6 Å². The summed E-state index contributed by atoms with van der Waals surface area (Å²) in [6.45, 7) is 0.104. The number of nitrogens with zero attached hydrogens (tertiary/aromatic N) is 5. The standard InChI is InChI=1S/C33H24FN5O/c1-38-31-17-8-7-16-30(31)36-33(38)25(20-35)18-26-21-39(27-12-3-2-4-13-27)37-32(26)23-11-9-14-28(19-23)40-22-24-10-5-6-15-29(24)34/h2-19,21H,22H2,1H3/b25-18+. The minimum atomic E-state index is -0.307. The van der Waals surface area contributed by atoms with Gasteiger partial charge in [0.15, 0.2) is 5.82 Å². The van der Waals surface area contributed by atoms with Gasteiger partial charge in [0.1, 0.15) is 29.9 Å². The van der Waals surface area contributed by atoms with Crippen LogP contribution in [-0.2, 0) is 13.7 Å². The van der Waals surface area contributed by atoms with Gasteiger partial charge < -0.3 is 9.30 Å². The number of rotatable bonds is 7. The minimum Gasteiger partial charge on any atom is -0.489 e. The summed E-state index contributed by atoms with van der Waals surface area (Å²) in [4.78, 5) is 4.72. The van der Waals surface area contributed by atoms with Gasteiger partial charge in [0, 0.05) is 29.9 Å². The van der Waals surface area contributed by atoms with Crippen molar-refractivity contribution in [2.24, 2.45) is 7.05 Å². The first-order valence-electron chi connectivity index (χ1n) is 12.8. The zero-order chi connectivity index (χ0) is 27.5. The molecule has 7 heteroatoms. The van der Waals surface area contributed by atoms with Gasteiger partial charge in [0.05, 0.1) is 22.3 Å². The van der Waals surface area contributed by atoms with E-state index in [4.69, 9.17) is 14.8 Å². The molecule has 0 radical (unpaired) electrons. The number of aromatic nitrogens is 4. The van der Waals surface area contributed by atoms with Crippen molar-refractivity contribution in [1.82, 2.24) is 19.3 Å². The molecule has 6 nitrogen and oxygen atoms in total. The van der Waals surface area contributed by atoms with E-state index in [2.05, 4.69) is 6.07 Å². The predicted octanol–water partition coefficient (Wildman–Crippen LogP) is 7.21. The van der Waals surface area contributed by atoms with E-state index in [1.165, 1.54) is 6.07 Å². The number of hydrogen-bond donors (Lipinski definition) is 0. The summed E-state index contributed by atoms with van der Waals surface area (Å²) < 4.78 is 23.8. The smallest absolute Gasteiger partial charge is 0.151 e. The second-order valence-corrected chi connectivity index (χ2v) is 9.27. The normalized spacial score (nSPS) is 11.5. The zero-order valence-corrected chi connectivity index (χ0v) is 21.7. The minimum absolute atomic E-state index is 0.104. The monoisotopic (exact) mass is 525 g/mol. The van der Waals surface area contributed by atoms with Gasteiger partial charge in [0.2, 0.25) is 0 Å². The Morgan fingerprint density at radius 1 is 0.950 bits per heavy atom. The van der Waals surface area contributed by atoms with Crippen molar-refractivity contribution in [3.63, 3.8) is 0 Å². The number of halogens is 1. The highest BCUT2D eigenvalue weighted by Crippen LogP contribution is 2.31. The topological polar surface area (TPSA) is 68.7 Å². The fourth-order valence-electron chi connectivity index (χ4n) is 4.63. The van der Waals surface area contributed by atoms with E-state index >= 15 is 0 Å². The molecule has 0 amide bonds. The first-order chi connectivity index (χ1) is 19.6. The highest BCUT2D eigenvalue weighted by molar-refractivity contribution is 5.93. The van der Waals surface area contributed by atoms with Gasteiger partial charge in [0.25, 0.3) is 0 Å². The van der Waals surface area contributed by atoms with E-state index in [0.717, 1.165) is 27.8 Å². The van der Waals surface area contributed by atoms with Crippen LogP contribution in [0.1, 0.15) is 17.0 Å². The lowest BCUT2D eigenvalue weighted by Crippen LogP contribution is -1.98. The third-order valence-corrected chi connectivity index (χ3v) is 6.67. The molecular weight excluding hydrogens is 501 g/mol. The molecule has 40 heavy (non-hydrogen) atoms. The molecule has 6 aromatic rings. The van der Waals surface area contributed by atoms with E-state index in [-0.39, 0.29) is 12.4 Å². The van der Waals surface area contributed by atoms with Crippen LogP contribution in [0, 0.1) is 17.1 Å². The van der Waals surface area contributed by atoms with E-state index in [1.54, 1.807) is 22.9 Å². The Hall–Kier alpha value is -5.48. The highest BCUT2D eigenvalue weighted by atomic mass is 19.1. The van der Waals surface area contributed by atoms with Crippen LogP contribution in [0.2, 0.25) is 0 Å². The molecule has 0 aliphatic rings. The average Bonchev–Trinajstić information content (AvgIpc) is 3.57. The Kier molecular flexibility index (Phi) is 6.65. The fourth-order valence-corrected chi connectivity index (χ4v) is 4.63. The molecule has 0 atom stereocenters. The Bertz CT molecular complexity index is 1900. The lowest BCUT2D eigenvalue weighted by molar-refractivity contribution is 0.300. The number of fused-ring (bicyclic) bond motifs is 1. The van der Waals surface area contributed by atoms with Gasteiger partial charge in [-0.1, -0.05) is 60.7 Å². The van der Waals surface area contributed by atoms with Crippen molar-refractivity contribution >= 4 is 22.7 Å².